The van der Waals surface area contributed by atoms with Gasteiger partial charge in [0, 0.05) is 11.1 Å². The molecule has 0 bridgehead atoms. The first kappa shape index (κ1) is 17.4. The number of hydrogen-bond donors (Lipinski definition) is 2. The molecule has 0 fully saturated rings. The highest BCUT2D eigenvalue weighted by atomic mass is 35.5. The summed E-state index contributed by atoms with van der Waals surface area (Å²) < 4.78 is 27.7. The van der Waals surface area contributed by atoms with Crippen LogP contribution in [0.2, 0.25) is 5.02 Å². The number of sulfonamides is 1. The third-order valence-corrected chi connectivity index (χ3v) is 5.28. The van der Waals surface area contributed by atoms with E-state index < -0.39 is 10.0 Å². The summed E-state index contributed by atoms with van der Waals surface area (Å²) in [6.45, 7) is 7.32. The molecule has 0 saturated heterocycles. The van der Waals surface area contributed by atoms with Crippen molar-refractivity contribution in [2.45, 2.75) is 51.7 Å². The molecule has 114 valence electrons. The maximum absolute atomic E-state index is 12.5. The molecule has 0 amide bonds. The lowest BCUT2D eigenvalue weighted by atomic mass is 10.0. The van der Waals surface area contributed by atoms with E-state index in [9.17, 15) is 13.5 Å². The van der Waals surface area contributed by atoms with Crippen molar-refractivity contribution in [2.75, 3.05) is 0 Å². The Kier molecular flexibility index (Phi) is 6.01. The fourth-order valence-corrected chi connectivity index (χ4v) is 4.19. The van der Waals surface area contributed by atoms with Crippen LogP contribution >= 0.6 is 11.6 Å². The molecule has 0 saturated carbocycles. The molecule has 1 aromatic rings. The van der Waals surface area contributed by atoms with Crippen LogP contribution in [0.15, 0.2) is 17.0 Å². The Morgan fingerprint density at radius 1 is 1.35 bits per heavy atom. The van der Waals surface area contributed by atoms with Gasteiger partial charge in [-0.2, -0.15) is 0 Å². The van der Waals surface area contributed by atoms with Gasteiger partial charge in [-0.3, -0.25) is 0 Å². The Balaban J connectivity index is 3.25. The maximum atomic E-state index is 12.5. The Morgan fingerprint density at radius 3 is 2.40 bits per heavy atom. The lowest BCUT2D eigenvalue weighted by molar-refractivity contribution is 0.280. The Bertz CT molecular complexity index is 570. The third kappa shape index (κ3) is 3.95. The van der Waals surface area contributed by atoms with E-state index in [2.05, 4.69) is 4.72 Å². The van der Waals surface area contributed by atoms with Crippen molar-refractivity contribution < 1.29 is 13.5 Å². The minimum Gasteiger partial charge on any atom is -0.392 e. The van der Waals surface area contributed by atoms with Crippen LogP contribution in [0, 0.1) is 12.8 Å². The van der Waals surface area contributed by atoms with Crippen molar-refractivity contribution in [3.63, 3.8) is 0 Å². The predicted octanol–water partition coefficient (Wildman–Crippen LogP) is 2.85. The molecule has 1 atom stereocenters. The molecule has 1 unspecified atom stereocenters. The van der Waals surface area contributed by atoms with Gasteiger partial charge in [0.2, 0.25) is 10.0 Å². The zero-order chi connectivity index (χ0) is 15.5. The summed E-state index contributed by atoms with van der Waals surface area (Å²) in [7, 11) is -3.65. The van der Waals surface area contributed by atoms with Crippen molar-refractivity contribution >= 4 is 21.6 Å². The molecular weight excluding hydrogens is 298 g/mol. The highest BCUT2D eigenvalue weighted by molar-refractivity contribution is 7.89. The number of aliphatic hydroxyl groups excluding tert-OH is 1. The minimum absolute atomic E-state index is 0.129. The fraction of sp³-hybridized carbons (Fsp3) is 0.571. The standard InChI is InChI=1S/C14H22ClNO3S/c1-5-13(9(2)3)16-20(18,19)14-7-12(15)6-11(8-17)10(14)4/h6-7,9,13,16-17H,5,8H2,1-4H3. The van der Waals surface area contributed by atoms with Gasteiger partial charge in [-0.15, -0.1) is 0 Å². The largest absolute Gasteiger partial charge is 0.392 e. The molecule has 0 aromatic heterocycles. The lowest BCUT2D eigenvalue weighted by Crippen LogP contribution is -2.38. The second kappa shape index (κ2) is 6.89. The normalized spacial score (nSPS) is 13.8. The van der Waals surface area contributed by atoms with Crippen LogP contribution in [0.3, 0.4) is 0 Å². The molecule has 20 heavy (non-hydrogen) atoms. The molecular formula is C14H22ClNO3S. The molecule has 4 nitrogen and oxygen atoms in total. The second-order valence-electron chi connectivity index (χ2n) is 5.23. The Labute approximate surface area is 126 Å². The number of halogens is 1. The van der Waals surface area contributed by atoms with Crippen molar-refractivity contribution in [3.8, 4) is 0 Å². The van der Waals surface area contributed by atoms with E-state index in [-0.39, 0.29) is 23.5 Å². The lowest BCUT2D eigenvalue weighted by Gasteiger charge is -2.21. The van der Waals surface area contributed by atoms with E-state index in [1.54, 1.807) is 13.0 Å². The third-order valence-electron chi connectivity index (χ3n) is 3.44. The number of benzene rings is 1. The fourth-order valence-electron chi connectivity index (χ4n) is 2.11. The number of nitrogens with one attached hydrogen (secondary N) is 1. The summed E-state index contributed by atoms with van der Waals surface area (Å²) in [4.78, 5) is 0.133. The molecule has 1 rings (SSSR count). The highest BCUT2D eigenvalue weighted by Crippen LogP contribution is 2.25. The second-order valence-corrected chi connectivity index (χ2v) is 7.35. The first-order valence-electron chi connectivity index (χ1n) is 6.65. The molecule has 0 heterocycles. The van der Waals surface area contributed by atoms with Crippen molar-refractivity contribution in [3.05, 3.63) is 28.3 Å². The minimum atomic E-state index is -3.65. The Morgan fingerprint density at radius 2 is 1.95 bits per heavy atom. The SMILES string of the molecule is CCC(NS(=O)(=O)c1cc(Cl)cc(CO)c1C)C(C)C. The van der Waals surface area contributed by atoms with Gasteiger partial charge in [0.25, 0.3) is 0 Å². The highest BCUT2D eigenvalue weighted by Gasteiger charge is 2.24. The smallest absolute Gasteiger partial charge is 0.241 e. The zero-order valence-corrected chi connectivity index (χ0v) is 13.8. The van der Waals surface area contributed by atoms with Gasteiger partial charge in [-0.05, 0) is 42.5 Å². The molecule has 6 heteroatoms. The molecule has 0 spiro atoms. The number of rotatable bonds is 6. The van der Waals surface area contributed by atoms with Gasteiger partial charge >= 0.3 is 0 Å². The van der Waals surface area contributed by atoms with E-state index in [1.165, 1.54) is 6.07 Å². The summed E-state index contributed by atoms with van der Waals surface area (Å²) in [6, 6.07) is 2.87. The zero-order valence-electron chi connectivity index (χ0n) is 12.3. The van der Waals surface area contributed by atoms with Crippen LogP contribution in [0.5, 0.6) is 0 Å². The van der Waals surface area contributed by atoms with Crippen LogP contribution in [0.1, 0.15) is 38.3 Å². The van der Waals surface area contributed by atoms with Crippen LogP contribution in [-0.2, 0) is 16.6 Å². The molecule has 0 radical (unpaired) electrons. The predicted molar refractivity (Wildman–Crippen MR) is 81.4 cm³/mol. The van der Waals surface area contributed by atoms with Gasteiger partial charge in [0.15, 0.2) is 0 Å². The van der Waals surface area contributed by atoms with E-state index in [0.29, 0.717) is 22.6 Å². The quantitative estimate of drug-likeness (QED) is 0.847. The van der Waals surface area contributed by atoms with Gasteiger partial charge in [-0.1, -0.05) is 32.4 Å². The molecule has 2 N–H and O–H groups in total. The van der Waals surface area contributed by atoms with E-state index >= 15 is 0 Å². The maximum Gasteiger partial charge on any atom is 0.241 e. The monoisotopic (exact) mass is 319 g/mol. The van der Waals surface area contributed by atoms with Gasteiger partial charge in [0.1, 0.15) is 0 Å². The number of hydrogen-bond acceptors (Lipinski definition) is 3. The van der Waals surface area contributed by atoms with Gasteiger partial charge in [-0.25, -0.2) is 13.1 Å². The molecule has 0 aliphatic heterocycles. The van der Waals surface area contributed by atoms with Crippen LogP contribution < -0.4 is 4.72 Å². The van der Waals surface area contributed by atoms with Crippen molar-refractivity contribution in [1.82, 2.24) is 4.72 Å². The average molecular weight is 320 g/mol. The van der Waals surface area contributed by atoms with Gasteiger partial charge in [0.05, 0.1) is 11.5 Å². The van der Waals surface area contributed by atoms with Gasteiger partial charge < -0.3 is 5.11 Å². The number of aliphatic hydroxyl groups is 1. The summed E-state index contributed by atoms with van der Waals surface area (Å²) in [6.07, 6.45) is 0.712. The first-order valence-corrected chi connectivity index (χ1v) is 8.51. The molecule has 0 aliphatic rings. The molecule has 0 aliphatic carbocycles. The first-order chi connectivity index (χ1) is 9.22. The molecule has 1 aromatic carbocycles. The summed E-state index contributed by atoms with van der Waals surface area (Å²) >= 11 is 5.94. The van der Waals surface area contributed by atoms with Crippen molar-refractivity contribution in [2.24, 2.45) is 5.92 Å². The van der Waals surface area contributed by atoms with Crippen LogP contribution in [-0.4, -0.2) is 19.6 Å². The van der Waals surface area contributed by atoms with Crippen LogP contribution in [0.25, 0.3) is 0 Å². The van der Waals surface area contributed by atoms with E-state index in [1.807, 2.05) is 20.8 Å². The van der Waals surface area contributed by atoms with E-state index in [4.69, 9.17) is 11.6 Å². The summed E-state index contributed by atoms with van der Waals surface area (Å²) in [5, 5.41) is 9.58. The summed E-state index contributed by atoms with van der Waals surface area (Å²) in [5.41, 5.74) is 1.05. The van der Waals surface area contributed by atoms with Crippen LogP contribution in [0.4, 0.5) is 0 Å². The summed E-state index contributed by atoms with van der Waals surface area (Å²) in [5.74, 6) is 0.201. The van der Waals surface area contributed by atoms with Crippen molar-refractivity contribution in [1.29, 1.82) is 0 Å². The topological polar surface area (TPSA) is 66.4 Å². The average Bonchev–Trinajstić information content (AvgIpc) is 2.37. The van der Waals surface area contributed by atoms with E-state index in [0.717, 1.165) is 0 Å². The Hall–Kier alpha value is -0.620.